The summed E-state index contributed by atoms with van der Waals surface area (Å²) in [6.45, 7) is 5.11. The molecule has 146 valence electrons. The van der Waals surface area contributed by atoms with Gasteiger partial charge in [-0.1, -0.05) is 24.3 Å². The Balaban J connectivity index is 1.96. The molecule has 0 bridgehead atoms. The lowest BCUT2D eigenvalue weighted by Gasteiger charge is -2.26. The minimum absolute atomic E-state index is 0.159. The van der Waals surface area contributed by atoms with Gasteiger partial charge in [-0.25, -0.2) is 9.69 Å². The van der Waals surface area contributed by atoms with Crippen LogP contribution in [0, 0.1) is 0 Å². The highest BCUT2D eigenvalue weighted by molar-refractivity contribution is 6.32. The fraction of sp³-hybridized carbons (Fsp3) is 0.182. The van der Waals surface area contributed by atoms with Gasteiger partial charge in [0.25, 0.3) is 0 Å². The molecule has 2 heterocycles. The lowest BCUT2D eigenvalue weighted by Crippen LogP contribution is -2.38. The van der Waals surface area contributed by atoms with Crippen LogP contribution in [0.25, 0.3) is 0 Å². The molecule has 0 saturated carbocycles. The number of allylic oxidation sites excluding steroid dienone is 2. The van der Waals surface area contributed by atoms with E-state index < -0.39 is 23.3 Å². The molecule has 2 amide bonds. The molecule has 2 aliphatic heterocycles. The van der Waals surface area contributed by atoms with E-state index in [0.717, 1.165) is 9.80 Å². The van der Waals surface area contributed by atoms with E-state index in [9.17, 15) is 19.2 Å². The summed E-state index contributed by atoms with van der Waals surface area (Å²) >= 11 is 0. The van der Waals surface area contributed by atoms with E-state index in [1.165, 1.54) is 0 Å². The summed E-state index contributed by atoms with van der Waals surface area (Å²) < 4.78 is 5.48. The summed E-state index contributed by atoms with van der Waals surface area (Å²) in [6, 6.07) is 13.1. The summed E-state index contributed by atoms with van der Waals surface area (Å²) in [5, 5.41) is 0. The van der Waals surface area contributed by atoms with Crippen molar-refractivity contribution >= 4 is 35.4 Å². The molecular formula is C22H18N2O5. The Morgan fingerprint density at radius 3 is 1.97 bits per heavy atom. The van der Waals surface area contributed by atoms with Crippen molar-refractivity contribution in [1.29, 1.82) is 0 Å². The van der Waals surface area contributed by atoms with Crippen molar-refractivity contribution in [3.05, 3.63) is 71.1 Å². The molecule has 0 spiro atoms. The fourth-order valence-electron chi connectivity index (χ4n) is 3.49. The lowest BCUT2D eigenvalue weighted by atomic mass is 10.1. The number of anilines is 2. The first-order chi connectivity index (χ1) is 13.7. The van der Waals surface area contributed by atoms with Crippen molar-refractivity contribution in [2.75, 3.05) is 9.80 Å². The van der Waals surface area contributed by atoms with Crippen LogP contribution in [0.2, 0.25) is 0 Å². The van der Waals surface area contributed by atoms with E-state index in [0.29, 0.717) is 17.8 Å². The summed E-state index contributed by atoms with van der Waals surface area (Å²) in [6.07, 6.45) is -0.330. The van der Waals surface area contributed by atoms with E-state index in [1.54, 1.807) is 69.3 Å². The average molecular weight is 390 g/mol. The Morgan fingerprint density at radius 1 is 0.862 bits per heavy atom. The molecule has 0 aliphatic carbocycles. The molecule has 0 fully saturated rings. The van der Waals surface area contributed by atoms with Gasteiger partial charge in [0.05, 0.1) is 11.4 Å². The zero-order valence-electron chi connectivity index (χ0n) is 16.1. The number of carbonyl (C=O) groups excluding carboxylic acids is 4. The number of fused-ring (bicyclic) bond motifs is 2. The first-order valence-corrected chi connectivity index (χ1v) is 9.04. The van der Waals surface area contributed by atoms with Crippen molar-refractivity contribution in [2.24, 2.45) is 0 Å². The maximum atomic E-state index is 13.2. The number of ether oxygens (including phenoxy) is 1. The van der Waals surface area contributed by atoms with Gasteiger partial charge in [0.1, 0.15) is 17.0 Å². The first-order valence-electron chi connectivity index (χ1n) is 9.04. The first kappa shape index (κ1) is 18.6. The molecule has 29 heavy (non-hydrogen) atoms. The molecule has 0 unspecified atom stereocenters. The van der Waals surface area contributed by atoms with Gasteiger partial charge < -0.3 is 4.74 Å². The second kappa shape index (κ2) is 6.41. The molecule has 2 aliphatic rings. The zero-order valence-corrected chi connectivity index (χ0v) is 16.1. The van der Waals surface area contributed by atoms with E-state index in [4.69, 9.17) is 4.74 Å². The van der Waals surface area contributed by atoms with Crippen LogP contribution in [-0.2, 0) is 9.53 Å². The molecule has 0 N–H and O–H groups in total. The van der Waals surface area contributed by atoms with Crippen molar-refractivity contribution in [1.82, 2.24) is 0 Å². The highest BCUT2D eigenvalue weighted by atomic mass is 16.6. The topological polar surface area (TPSA) is 84.0 Å². The van der Waals surface area contributed by atoms with Crippen LogP contribution in [0.4, 0.5) is 16.2 Å². The Morgan fingerprint density at radius 2 is 1.38 bits per heavy atom. The molecule has 0 aromatic heterocycles. The molecule has 2 aromatic rings. The maximum Gasteiger partial charge on any atom is 0.419 e. The predicted molar refractivity (Wildman–Crippen MR) is 106 cm³/mol. The number of rotatable bonds is 1. The predicted octanol–water partition coefficient (Wildman–Crippen LogP) is 3.70. The number of nitrogens with zero attached hydrogens (tertiary/aromatic N) is 2. The van der Waals surface area contributed by atoms with Gasteiger partial charge in [-0.05, 0) is 45.0 Å². The Kier molecular flexibility index (Phi) is 4.11. The van der Waals surface area contributed by atoms with Gasteiger partial charge in [-0.2, -0.15) is 0 Å². The van der Waals surface area contributed by atoms with Crippen LogP contribution in [0.15, 0.2) is 59.9 Å². The minimum atomic E-state index is -0.819. The van der Waals surface area contributed by atoms with Gasteiger partial charge >= 0.3 is 6.09 Å². The highest BCUT2D eigenvalue weighted by Gasteiger charge is 2.46. The molecule has 2 aromatic carbocycles. The normalized spacial score (nSPS) is 18.0. The number of benzene rings is 2. The van der Waals surface area contributed by atoms with E-state index in [-0.39, 0.29) is 22.5 Å². The Bertz CT molecular complexity index is 1110. The lowest BCUT2D eigenvalue weighted by molar-refractivity contribution is -0.107. The summed E-state index contributed by atoms with van der Waals surface area (Å²) in [5.74, 6) is -1.02. The zero-order chi connectivity index (χ0) is 20.9. The largest absolute Gasteiger partial charge is 0.443 e. The summed E-state index contributed by atoms with van der Waals surface area (Å²) in [5.41, 5.74) is 0.0553. The quantitative estimate of drug-likeness (QED) is 0.548. The number of hydrogen-bond acceptors (Lipinski definition) is 5. The summed E-state index contributed by atoms with van der Waals surface area (Å²) in [7, 11) is 0. The smallest absolute Gasteiger partial charge is 0.419 e. The van der Waals surface area contributed by atoms with Crippen molar-refractivity contribution in [3.8, 4) is 0 Å². The average Bonchev–Trinajstić information content (AvgIpc) is 3.12. The third-order valence-electron chi connectivity index (χ3n) is 4.60. The minimum Gasteiger partial charge on any atom is -0.443 e. The molecule has 0 radical (unpaired) electrons. The van der Waals surface area contributed by atoms with E-state index >= 15 is 0 Å². The second-order valence-corrected chi connectivity index (χ2v) is 7.68. The van der Waals surface area contributed by atoms with Crippen molar-refractivity contribution in [2.45, 2.75) is 26.4 Å². The van der Waals surface area contributed by atoms with Gasteiger partial charge in [-0.3, -0.25) is 19.3 Å². The number of carbonyl (C=O) groups is 4. The third-order valence-corrected chi connectivity index (χ3v) is 4.60. The van der Waals surface area contributed by atoms with Crippen LogP contribution < -0.4 is 9.80 Å². The number of hydrogen-bond donors (Lipinski definition) is 0. The third kappa shape index (κ3) is 2.82. The number of para-hydroxylation sites is 2. The molecule has 0 saturated heterocycles. The van der Waals surface area contributed by atoms with Crippen LogP contribution in [0.3, 0.4) is 0 Å². The van der Waals surface area contributed by atoms with Crippen LogP contribution in [-0.4, -0.2) is 29.7 Å². The second-order valence-electron chi connectivity index (χ2n) is 7.68. The van der Waals surface area contributed by atoms with Crippen molar-refractivity contribution in [3.63, 3.8) is 0 Å². The van der Waals surface area contributed by atoms with Gasteiger partial charge in [0, 0.05) is 11.1 Å². The fourth-order valence-corrected chi connectivity index (χ4v) is 3.49. The molecule has 0 atom stereocenters. The highest BCUT2D eigenvalue weighted by Crippen LogP contribution is 2.42. The van der Waals surface area contributed by atoms with E-state index in [2.05, 4.69) is 0 Å². The van der Waals surface area contributed by atoms with Crippen LogP contribution in [0.1, 0.15) is 41.5 Å². The number of Topliss-reactive ketones (excluding diaryl/α,β-unsaturated/α-hetero) is 2. The van der Waals surface area contributed by atoms with Gasteiger partial charge in [0.15, 0.2) is 0 Å². The molecule has 4 rings (SSSR count). The molecule has 7 nitrogen and oxygen atoms in total. The van der Waals surface area contributed by atoms with Crippen LogP contribution >= 0.6 is 0 Å². The van der Waals surface area contributed by atoms with Crippen molar-refractivity contribution < 1.29 is 23.9 Å². The summed E-state index contributed by atoms with van der Waals surface area (Å²) in [4.78, 5) is 53.4. The van der Waals surface area contributed by atoms with Gasteiger partial charge in [0.2, 0.25) is 18.0 Å². The SMILES string of the molecule is CC(C)(C)OC(=O)N1/C(=C2\C(=O)c3ccccc3N2C=O)C(=O)c2ccccc21. The molecule has 7 heteroatoms. The van der Waals surface area contributed by atoms with Gasteiger partial charge in [-0.15, -0.1) is 0 Å². The Labute approximate surface area is 167 Å². The monoisotopic (exact) mass is 390 g/mol. The Hall–Kier alpha value is -3.74. The van der Waals surface area contributed by atoms with Crippen LogP contribution in [0.5, 0.6) is 0 Å². The standard InChI is InChI=1S/C22H18N2O5/c1-22(2,3)29-21(28)24-16-11-7-5-9-14(16)20(27)18(24)17-19(26)13-8-4-6-10-15(13)23(17)12-25/h4-12H,1-3H3/b18-17+. The number of amides is 2. The maximum absolute atomic E-state index is 13.2. The molecular weight excluding hydrogens is 372 g/mol. The van der Waals surface area contributed by atoms with E-state index in [1.807, 2.05) is 0 Å². The number of ketones is 2.